The van der Waals surface area contributed by atoms with Crippen LogP contribution in [0, 0.1) is 5.92 Å². The molecule has 0 aliphatic heterocycles. The number of unbranched alkanes of at least 4 members (excludes halogenated alkanes) is 1. The topological polar surface area (TPSA) is 39.7 Å². The summed E-state index contributed by atoms with van der Waals surface area (Å²) < 4.78 is 0. The van der Waals surface area contributed by atoms with Crippen LogP contribution in [0.5, 0.6) is 0 Å². The van der Waals surface area contributed by atoms with Crippen LogP contribution in [0.2, 0.25) is 0 Å². The average molecular weight is 398 g/mol. The van der Waals surface area contributed by atoms with Gasteiger partial charge in [-0.15, -0.1) is 24.0 Å². The third-order valence-electron chi connectivity index (χ3n) is 3.78. The van der Waals surface area contributed by atoms with Gasteiger partial charge in [0.2, 0.25) is 0 Å². The normalized spacial score (nSPS) is 13.3. The van der Waals surface area contributed by atoms with E-state index < -0.39 is 0 Å². The quantitative estimate of drug-likeness (QED) is 0.272. The van der Waals surface area contributed by atoms with Gasteiger partial charge in [0.25, 0.3) is 0 Å². The van der Waals surface area contributed by atoms with Gasteiger partial charge < -0.3 is 15.5 Å². The molecule has 0 amide bonds. The Morgan fingerprint density at radius 2 is 1.70 bits per heavy atom. The van der Waals surface area contributed by atoms with Crippen LogP contribution in [0.4, 0.5) is 0 Å². The molecule has 0 saturated heterocycles. The zero-order valence-corrected chi connectivity index (χ0v) is 16.5. The van der Waals surface area contributed by atoms with Crippen LogP contribution in [-0.4, -0.2) is 51.1 Å². The molecule has 5 heteroatoms. The molecule has 20 heavy (non-hydrogen) atoms. The van der Waals surface area contributed by atoms with E-state index in [0.29, 0.717) is 6.04 Å². The van der Waals surface area contributed by atoms with Crippen LogP contribution < -0.4 is 10.6 Å². The maximum Gasteiger partial charge on any atom is 0.191 e. The summed E-state index contributed by atoms with van der Waals surface area (Å²) in [5, 5.41) is 6.82. The number of hydrogen-bond donors (Lipinski definition) is 2. The molecular formula is C15H35IN4. The molecule has 1 unspecified atom stereocenters. The van der Waals surface area contributed by atoms with Crippen LogP contribution >= 0.6 is 24.0 Å². The summed E-state index contributed by atoms with van der Waals surface area (Å²) in [7, 11) is 6.17. The Labute approximate surface area is 143 Å². The van der Waals surface area contributed by atoms with E-state index in [-0.39, 0.29) is 24.0 Å². The zero-order valence-electron chi connectivity index (χ0n) is 14.2. The van der Waals surface area contributed by atoms with Gasteiger partial charge in [-0.25, -0.2) is 0 Å². The maximum atomic E-state index is 4.28. The minimum absolute atomic E-state index is 0. The summed E-state index contributed by atoms with van der Waals surface area (Å²) in [6.45, 7) is 8.70. The van der Waals surface area contributed by atoms with Crippen molar-refractivity contribution in [3.05, 3.63) is 0 Å². The summed E-state index contributed by atoms with van der Waals surface area (Å²) in [6, 6.07) is 0.555. The van der Waals surface area contributed by atoms with Gasteiger partial charge in [0.1, 0.15) is 0 Å². The molecule has 0 rings (SSSR count). The highest BCUT2D eigenvalue weighted by Gasteiger charge is 2.20. The van der Waals surface area contributed by atoms with Gasteiger partial charge in [0.05, 0.1) is 0 Å². The molecule has 2 N–H and O–H groups in total. The molecule has 0 heterocycles. The third kappa shape index (κ3) is 9.00. The number of halogens is 1. The van der Waals surface area contributed by atoms with Crippen molar-refractivity contribution in [1.29, 1.82) is 0 Å². The molecule has 0 aliphatic rings. The fraction of sp³-hybridized carbons (Fsp3) is 0.933. The lowest BCUT2D eigenvalue weighted by Gasteiger charge is -2.32. The summed E-state index contributed by atoms with van der Waals surface area (Å²) in [5.74, 6) is 1.66. The van der Waals surface area contributed by atoms with Gasteiger partial charge in [0, 0.05) is 26.2 Å². The Bertz CT molecular complexity index is 240. The Kier molecular flexibility index (Phi) is 15.5. The second-order valence-corrected chi connectivity index (χ2v) is 5.34. The molecule has 0 aromatic rings. The van der Waals surface area contributed by atoms with E-state index in [9.17, 15) is 0 Å². The van der Waals surface area contributed by atoms with Crippen LogP contribution in [0.1, 0.15) is 46.5 Å². The Morgan fingerprint density at radius 1 is 1.10 bits per heavy atom. The maximum absolute atomic E-state index is 4.28. The molecule has 0 saturated carbocycles. The monoisotopic (exact) mass is 398 g/mol. The number of nitrogens with one attached hydrogen (secondary N) is 2. The zero-order chi connectivity index (χ0) is 14.7. The van der Waals surface area contributed by atoms with E-state index >= 15 is 0 Å². The summed E-state index contributed by atoms with van der Waals surface area (Å²) in [6.07, 6.45) is 4.84. The summed E-state index contributed by atoms with van der Waals surface area (Å²) in [4.78, 5) is 6.60. The molecule has 0 fully saturated rings. The van der Waals surface area contributed by atoms with Crippen LogP contribution in [0.25, 0.3) is 0 Å². The summed E-state index contributed by atoms with van der Waals surface area (Å²) >= 11 is 0. The SMILES string of the molecule is CCCCNC(=NC)NCC(C(CC)CC)N(C)C.I. The molecule has 0 spiro atoms. The number of hydrogen-bond acceptors (Lipinski definition) is 2. The number of aliphatic imine (C=N–C) groups is 1. The van der Waals surface area contributed by atoms with Gasteiger partial charge in [-0.05, 0) is 26.4 Å². The molecule has 4 nitrogen and oxygen atoms in total. The fourth-order valence-corrected chi connectivity index (χ4v) is 2.41. The van der Waals surface area contributed by atoms with E-state index in [0.717, 1.165) is 25.0 Å². The smallest absolute Gasteiger partial charge is 0.191 e. The predicted molar refractivity (Wildman–Crippen MR) is 101 cm³/mol. The molecule has 0 aliphatic carbocycles. The average Bonchev–Trinajstić information content (AvgIpc) is 2.41. The second-order valence-electron chi connectivity index (χ2n) is 5.34. The highest BCUT2D eigenvalue weighted by molar-refractivity contribution is 14.0. The van der Waals surface area contributed by atoms with Crippen molar-refractivity contribution in [2.45, 2.75) is 52.5 Å². The first kappa shape index (κ1) is 22.2. The van der Waals surface area contributed by atoms with E-state index in [1.165, 1.54) is 25.7 Å². The predicted octanol–water partition coefficient (Wildman–Crippen LogP) is 2.94. The Balaban J connectivity index is 0. The largest absolute Gasteiger partial charge is 0.356 e. The van der Waals surface area contributed by atoms with Gasteiger partial charge in [-0.1, -0.05) is 40.0 Å². The molecule has 0 bridgehead atoms. The lowest BCUT2D eigenvalue weighted by atomic mass is 9.93. The number of guanidine groups is 1. The van der Waals surface area contributed by atoms with Crippen LogP contribution in [0.3, 0.4) is 0 Å². The number of rotatable bonds is 9. The lowest BCUT2D eigenvalue weighted by Crippen LogP contribution is -2.48. The van der Waals surface area contributed by atoms with Crippen molar-refractivity contribution in [3.8, 4) is 0 Å². The van der Waals surface area contributed by atoms with Crippen LogP contribution in [-0.2, 0) is 0 Å². The van der Waals surface area contributed by atoms with E-state index in [2.05, 4.69) is 55.4 Å². The third-order valence-corrected chi connectivity index (χ3v) is 3.78. The lowest BCUT2D eigenvalue weighted by molar-refractivity contribution is 0.200. The number of likely N-dealkylation sites (N-methyl/N-ethyl adjacent to an activating group) is 1. The molecular weight excluding hydrogens is 363 g/mol. The molecule has 1 atom stereocenters. The number of nitrogens with zero attached hydrogens (tertiary/aromatic N) is 2. The van der Waals surface area contributed by atoms with Crippen molar-refractivity contribution in [2.75, 3.05) is 34.2 Å². The van der Waals surface area contributed by atoms with Crippen molar-refractivity contribution in [2.24, 2.45) is 10.9 Å². The minimum Gasteiger partial charge on any atom is -0.356 e. The van der Waals surface area contributed by atoms with Gasteiger partial charge in [-0.2, -0.15) is 0 Å². The van der Waals surface area contributed by atoms with Gasteiger partial charge in [0.15, 0.2) is 5.96 Å². The van der Waals surface area contributed by atoms with Crippen molar-refractivity contribution < 1.29 is 0 Å². The first-order valence-electron chi connectivity index (χ1n) is 7.71. The molecule has 0 radical (unpaired) electrons. The van der Waals surface area contributed by atoms with Gasteiger partial charge in [-0.3, -0.25) is 4.99 Å². The molecule has 0 aromatic heterocycles. The summed E-state index contributed by atoms with van der Waals surface area (Å²) in [5.41, 5.74) is 0. The van der Waals surface area contributed by atoms with Crippen molar-refractivity contribution in [1.82, 2.24) is 15.5 Å². The second kappa shape index (κ2) is 13.9. The van der Waals surface area contributed by atoms with Crippen molar-refractivity contribution in [3.63, 3.8) is 0 Å². The standard InChI is InChI=1S/C15H34N4.HI/c1-7-10-11-17-15(16-4)18-12-14(19(5)6)13(8-2)9-3;/h13-14H,7-12H2,1-6H3,(H2,16,17,18);1H. The highest BCUT2D eigenvalue weighted by atomic mass is 127. The van der Waals surface area contributed by atoms with Crippen molar-refractivity contribution >= 4 is 29.9 Å². The van der Waals surface area contributed by atoms with E-state index in [4.69, 9.17) is 0 Å². The minimum atomic E-state index is 0. The molecule has 122 valence electrons. The Hall–Kier alpha value is -0.0400. The van der Waals surface area contributed by atoms with E-state index in [1.54, 1.807) is 0 Å². The first-order chi connectivity index (χ1) is 9.10. The van der Waals surface area contributed by atoms with Crippen LogP contribution in [0.15, 0.2) is 4.99 Å². The van der Waals surface area contributed by atoms with E-state index in [1.807, 2.05) is 7.05 Å². The Morgan fingerprint density at radius 3 is 2.10 bits per heavy atom. The highest BCUT2D eigenvalue weighted by Crippen LogP contribution is 2.16. The fourth-order valence-electron chi connectivity index (χ4n) is 2.41. The molecule has 0 aromatic carbocycles. The van der Waals surface area contributed by atoms with Gasteiger partial charge >= 0.3 is 0 Å². The first-order valence-corrected chi connectivity index (χ1v) is 7.71.